The van der Waals surface area contributed by atoms with Crippen molar-refractivity contribution in [2.24, 2.45) is 10.3 Å². The number of imidazole rings is 1. The van der Waals surface area contributed by atoms with Gasteiger partial charge in [0.25, 0.3) is 0 Å². The lowest BCUT2D eigenvalue weighted by Gasteiger charge is -2.02. The number of rotatable bonds is 5. The van der Waals surface area contributed by atoms with Crippen LogP contribution in [0.4, 0.5) is 5.82 Å². The summed E-state index contributed by atoms with van der Waals surface area (Å²) in [7, 11) is 1.28. The molecule has 0 bridgehead atoms. The summed E-state index contributed by atoms with van der Waals surface area (Å²) in [6, 6.07) is 3.41. The normalized spacial score (nSPS) is 11.5. The van der Waals surface area contributed by atoms with Crippen LogP contribution in [0.2, 0.25) is 0 Å². The van der Waals surface area contributed by atoms with Gasteiger partial charge in [-0.3, -0.25) is 4.40 Å². The highest BCUT2D eigenvalue weighted by atomic mass is 79.9. The first kappa shape index (κ1) is 15.1. The van der Waals surface area contributed by atoms with Crippen LogP contribution in [0.15, 0.2) is 33.1 Å². The standard InChI is InChI=1S/C12H11BrN4O4/c1-3-21-12(18)10(16-20-2)9-11(15-19)17-6-7(13)4-5-8(17)14-9/h4-6H,3H2,1-2H3. The van der Waals surface area contributed by atoms with Crippen molar-refractivity contribution in [3.63, 3.8) is 0 Å². The minimum Gasteiger partial charge on any atom is -0.461 e. The number of hydrogen-bond acceptors (Lipinski definition) is 7. The van der Waals surface area contributed by atoms with Gasteiger partial charge in [0.05, 0.1) is 6.61 Å². The maximum Gasteiger partial charge on any atom is 0.362 e. The van der Waals surface area contributed by atoms with Crippen molar-refractivity contribution in [3.05, 3.63) is 33.4 Å². The lowest BCUT2D eigenvalue weighted by Crippen LogP contribution is -2.19. The second kappa shape index (κ2) is 6.44. The van der Waals surface area contributed by atoms with Crippen molar-refractivity contribution in [2.45, 2.75) is 6.92 Å². The number of pyridine rings is 1. The Morgan fingerprint density at radius 2 is 2.24 bits per heavy atom. The molecular weight excluding hydrogens is 344 g/mol. The second-order valence-corrected chi connectivity index (χ2v) is 4.71. The zero-order chi connectivity index (χ0) is 15.4. The van der Waals surface area contributed by atoms with E-state index in [-0.39, 0.29) is 23.8 Å². The number of carbonyl (C=O) groups is 1. The van der Waals surface area contributed by atoms with E-state index in [9.17, 15) is 9.70 Å². The third kappa shape index (κ3) is 2.92. The van der Waals surface area contributed by atoms with Gasteiger partial charge in [0.15, 0.2) is 0 Å². The van der Waals surface area contributed by atoms with Crippen LogP contribution < -0.4 is 0 Å². The zero-order valence-corrected chi connectivity index (χ0v) is 12.8. The fourth-order valence-electron chi connectivity index (χ4n) is 1.72. The lowest BCUT2D eigenvalue weighted by molar-refractivity contribution is -0.135. The van der Waals surface area contributed by atoms with E-state index in [1.54, 1.807) is 25.3 Å². The number of oxime groups is 1. The summed E-state index contributed by atoms with van der Waals surface area (Å²) < 4.78 is 7.05. The molecule has 0 aliphatic carbocycles. The molecule has 0 saturated carbocycles. The van der Waals surface area contributed by atoms with E-state index in [1.807, 2.05) is 0 Å². The fraction of sp³-hybridized carbons (Fsp3) is 0.250. The molecule has 0 saturated heterocycles. The number of halogens is 1. The molecule has 0 aliphatic heterocycles. The summed E-state index contributed by atoms with van der Waals surface area (Å²) in [4.78, 5) is 31.9. The molecule has 9 heteroatoms. The summed E-state index contributed by atoms with van der Waals surface area (Å²) in [6.07, 6.45) is 1.61. The summed E-state index contributed by atoms with van der Waals surface area (Å²) in [5.74, 6) is -0.804. The number of hydrogen-bond donors (Lipinski definition) is 0. The van der Waals surface area contributed by atoms with E-state index in [4.69, 9.17) is 4.74 Å². The van der Waals surface area contributed by atoms with Crippen LogP contribution in [0, 0.1) is 4.91 Å². The third-order valence-corrected chi connectivity index (χ3v) is 2.99. The third-order valence-electron chi connectivity index (χ3n) is 2.52. The van der Waals surface area contributed by atoms with Gasteiger partial charge in [-0.05, 0) is 40.2 Å². The van der Waals surface area contributed by atoms with Gasteiger partial charge < -0.3 is 9.57 Å². The Bertz CT molecular complexity index is 725. The first-order chi connectivity index (χ1) is 10.1. The van der Waals surface area contributed by atoms with Gasteiger partial charge in [-0.15, -0.1) is 4.91 Å². The Labute approximate surface area is 127 Å². The van der Waals surface area contributed by atoms with E-state index in [1.165, 1.54) is 11.5 Å². The summed E-state index contributed by atoms with van der Waals surface area (Å²) in [5.41, 5.74) is 0.230. The minimum absolute atomic E-state index is 0.00315. The van der Waals surface area contributed by atoms with Gasteiger partial charge in [0.2, 0.25) is 11.5 Å². The van der Waals surface area contributed by atoms with E-state index in [2.05, 4.69) is 36.1 Å². The monoisotopic (exact) mass is 354 g/mol. The Balaban J connectivity index is 2.65. The van der Waals surface area contributed by atoms with Crippen molar-refractivity contribution < 1.29 is 14.4 Å². The number of nitroso groups, excluding NO2 is 1. The molecule has 0 unspecified atom stereocenters. The first-order valence-electron chi connectivity index (χ1n) is 5.92. The van der Waals surface area contributed by atoms with Gasteiger partial charge in [-0.2, -0.15) is 0 Å². The summed E-state index contributed by atoms with van der Waals surface area (Å²) in [6.45, 7) is 1.81. The molecule has 0 amide bonds. The quantitative estimate of drug-likeness (QED) is 0.355. The topological polar surface area (TPSA) is 94.6 Å². The van der Waals surface area contributed by atoms with E-state index >= 15 is 0 Å². The molecule has 110 valence electrons. The Morgan fingerprint density at radius 3 is 2.86 bits per heavy atom. The number of aromatic nitrogens is 2. The molecule has 0 fully saturated rings. The number of esters is 1. The van der Waals surface area contributed by atoms with E-state index in [0.717, 1.165) is 4.47 Å². The molecule has 0 aromatic carbocycles. The number of ether oxygens (including phenoxy) is 1. The van der Waals surface area contributed by atoms with Crippen molar-refractivity contribution in [1.82, 2.24) is 9.38 Å². The molecule has 2 aromatic heterocycles. The Hall–Kier alpha value is -2.29. The Kier molecular flexibility index (Phi) is 4.63. The molecule has 8 nitrogen and oxygen atoms in total. The average molecular weight is 355 g/mol. The number of fused-ring (bicyclic) bond motifs is 1. The highest BCUT2D eigenvalue weighted by molar-refractivity contribution is 9.10. The molecule has 0 atom stereocenters. The molecule has 21 heavy (non-hydrogen) atoms. The lowest BCUT2D eigenvalue weighted by atomic mass is 10.3. The van der Waals surface area contributed by atoms with Gasteiger partial charge in [-0.1, -0.05) is 5.16 Å². The van der Waals surface area contributed by atoms with Gasteiger partial charge >= 0.3 is 5.97 Å². The van der Waals surface area contributed by atoms with Gasteiger partial charge in [0, 0.05) is 10.7 Å². The zero-order valence-electron chi connectivity index (χ0n) is 11.2. The highest BCUT2D eigenvalue weighted by Gasteiger charge is 2.26. The molecule has 0 N–H and O–H groups in total. The smallest absolute Gasteiger partial charge is 0.362 e. The maximum atomic E-state index is 11.9. The van der Waals surface area contributed by atoms with Crippen LogP contribution in [-0.4, -0.2) is 34.8 Å². The van der Waals surface area contributed by atoms with Crippen molar-refractivity contribution >= 4 is 39.1 Å². The highest BCUT2D eigenvalue weighted by Crippen LogP contribution is 2.24. The van der Waals surface area contributed by atoms with Gasteiger partial charge in [-0.25, -0.2) is 9.78 Å². The first-order valence-corrected chi connectivity index (χ1v) is 6.71. The predicted octanol–water partition coefficient (Wildman–Crippen LogP) is 2.41. The van der Waals surface area contributed by atoms with E-state index in [0.29, 0.717) is 5.65 Å². The van der Waals surface area contributed by atoms with Crippen LogP contribution in [0.3, 0.4) is 0 Å². The maximum absolute atomic E-state index is 11.9. The average Bonchev–Trinajstić information content (AvgIpc) is 2.82. The predicted molar refractivity (Wildman–Crippen MR) is 78.5 cm³/mol. The molecular formula is C12H11BrN4O4. The minimum atomic E-state index is -0.744. The molecule has 2 rings (SSSR count). The van der Waals surface area contributed by atoms with Gasteiger partial charge in [0.1, 0.15) is 18.5 Å². The number of nitrogens with zero attached hydrogens (tertiary/aromatic N) is 4. The van der Waals surface area contributed by atoms with Crippen molar-refractivity contribution in [2.75, 3.05) is 13.7 Å². The largest absolute Gasteiger partial charge is 0.461 e. The van der Waals surface area contributed by atoms with Crippen molar-refractivity contribution in [3.8, 4) is 0 Å². The Morgan fingerprint density at radius 1 is 1.48 bits per heavy atom. The van der Waals surface area contributed by atoms with Crippen LogP contribution in [0.1, 0.15) is 12.6 Å². The fourth-order valence-corrected chi connectivity index (χ4v) is 2.06. The summed E-state index contributed by atoms with van der Waals surface area (Å²) >= 11 is 3.29. The van der Waals surface area contributed by atoms with Crippen LogP contribution in [0.5, 0.6) is 0 Å². The molecule has 2 aromatic rings. The van der Waals surface area contributed by atoms with Crippen LogP contribution in [0.25, 0.3) is 5.65 Å². The molecule has 0 radical (unpaired) electrons. The van der Waals surface area contributed by atoms with Crippen LogP contribution >= 0.6 is 15.9 Å². The van der Waals surface area contributed by atoms with Crippen molar-refractivity contribution in [1.29, 1.82) is 0 Å². The van der Waals surface area contributed by atoms with E-state index < -0.39 is 5.97 Å². The molecule has 0 aliphatic rings. The summed E-state index contributed by atoms with van der Waals surface area (Å²) in [5, 5.41) is 6.53. The van der Waals surface area contributed by atoms with Crippen LogP contribution in [-0.2, 0) is 14.4 Å². The number of carbonyl (C=O) groups excluding carboxylic acids is 1. The SMILES string of the molecule is CCOC(=O)C(=NOC)c1nc2ccc(Br)cn2c1N=O. The second-order valence-electron chi connectivity index (χ2n) is 3.79. The molecule has 0 spiro atoms. The molecule has 2 heterocycles.